The number of nitrogens with two attached hydrogens (primary N) is 1. The van der Waals surface area contributed by atoms with Crippen LogP contribution < -0.4 is 10.5 Å². The van der Waals surface area contributed by atoms with Gasteiger partial charge >= 0.3 is 7.82 Å². The van der Waals surface area contributed by atoms with E-state index in [0.29, 0.717) is 25.2 Å². The lowest BCUT2D eigenvalue weighted by atomic mass is 10.0. The van der Waals surface area contributed by atoms with Crippen LogP contribution in [-0.4, -0.2) is 40.5 Å². The number of unbranched alkanes of at least 4 members (excludes halogenated alkanes) is 3. The van der Waals surface area contributed by atoms with Gasteiger partial charge in [0.25, 0.3) is 0 Å². The third-order valence-corrected chi connectivity index (χ3v) is 4.23. The Kier molecular flexibility index (Phi) is 9.56. The highest BCUT2D eigenvalue weighted by atomic mass is 31.2. The number of ether oxygens (including phenoxy) is 1. The molecule has 0 aliphatic heterocycles. The van der Waals surface area contributed by atoms with Gasteiger partial charge in [-0.05, 0) is 49.8 Å². The minimum Gasteiger partial charge on any atom is -0.494 e. The first kappa shape index (κ1) is 22.0. The van der Waals surface area contributed by atoms with E-state index in [1.54, 1.807) is 12.1 Å². The molecule has 0 fully saturated rings. The number of aryl methyl sites for hydroxylation is 1. The minimum atomic E-state index is -4.78. The van der Waals surface area contributed by atoms with Crippen molar-refractivity contribution in [1.82, 2.24) is 0 Å². The third kappa shape index (κ3) is 9.89. The number of phosphoric ester groups is 1. The van der Waals surface area contributed by atoms with Gasteiger partial charge in [0, 0.05) is 0 Å². The van der Waals surface area contributed by atoms with Crippen molar-refractivity contribution < 1.29 is 33.1 Å². The molecule has 0 aromatic heterocycles. The summed E-state index contributed by atoms with van der Waals surface area (Å²) in [6.07, 6.45) is 3.68. The Bertz CT molecular complexity index is 538. The fourth-order valence-electron chi connectivity index (χ4n) is 2.24. The van der Waals surface area contributed by atoms with Crippen molar-refractivity contribution in [2.24, 2.45) is 5.73 Å². The number of halogens is 1. The largest absolute Gasteiger partial charge is 0.494 e. The molecule has 5 N–H and O–H groups in total. The molecule has 0 saturated heterocycles. The first-order chi connectivity index (χ1) is 11.8. The summed E-state index contributed by atoms with van der Waals surface area (Å²) >= 11 is 0. The Balaban J connectivity index is 2.39. The van der Waals surface area contributed by atoms with Gasteiger partial charge in [0.05, 0.1) is 19.9 Å². The third-order valence-electron chi connectivity index (χ3n) is 3.63. The van der Waals surface area contributed by atoms with Crippen molar-refractivity contribution in [2.75, 3.05) is 19.9 Å². The maximum absolute atomic E-state index is 11.9. The molecule has 0 radical (unpaired) electrons. The molecule has 1 aromatic rings. The standard InChI is InChI=1S/C16H27FNO6P/c17-11-3-1-2-4-12-23-15-7-5-14(6-8-15)9-10-16(18,13-19)24-25(20,21)22/h5-8,19H,1-4,9-13,18H2,(H2,20,21,22)/t16-/m0/s1. The van der Waals surface area contributed by atoms with Crippen LogP contribution in [0, 0.1) is 0 Å². The number of benzene rings is 1. The highest BCUT2D eigenvalue weighted by Gasteiger charge is 2.33. The molecule has 0 heterocycles. The van der Waals surface area contributed by atoms with Gasteiger partial charge in [-0.25, -0.2) is 4.57 Å². The van der Waals surface area contributed by atoms with Crippen molar-refractivity contribution in [3.8, 4) is 5.75 Å². The van der Waals surface area contributed by atoms with Crippen LogP contribution in [0.5, 0.6) is 5.75 Å². The zero-order valence-electron chi connectivity index (χ0n) is 14.1. The molecular weight excluding hydrogens is 352 g/mol. The van der Waals surface area contributed by atoms with E-state index in [2.05, 4.69) is 4.52 Å². The predicted octanol–water partition coefficient (Wildman–Crippen LogP) is 2.28. The van der Waals surface area contributed by atoms with Gasteiger partial charge in [-0.15, -0.1) is 0 Å². The molecule has 0 saturated carbocycles. The molecule has 1 atom stereocenters. The molecule has 0 aliphatic carbocycles. The minimum absolute atomic E-state index is 0.0450. The molecule has 1 aromatic carbocycles. The van der Waals surface area contributed by atoms with Gasteiger partial charge in [0.2, 0.25) is 0 Å². The number of rotatable bonds is 13. The van der Waals surface area contributed by atoms with Gasteiger partial charge in [-0.3, -0.25) is 8.91 Å². The van der Waals surface area contributed by atoms with Gasteiger partial charge in [-0.2, -0.15) is 0 Å². The van der Waals surface area contributed by atoms with Crippen molar-refractivity contribution in [3.05, 3.63) is 29.8 Å². The van der Waals surface area contributed by atoms with Crippen molar-refractivity contribution in [1.29, 1.82) is 0 Å². The topological polar surface area (TPSA) is 122 Å². The van der Waals surface area contributed by atoms with Crippen LogP contribution in [0.4, 0.5) is 4.39 Å². The van der Waals surface area contributed by atoms with Gasteiger partial charge in [-0.1, -0.05) is 18.6 Å². The van der Waals surface area contributed by atoms with Gasteiger partial charge in [0.1, 0.15) is 5.75 Å². The smallest absolute Gasteiger partial charge is 0.471 e. The molecule has 7 nitrogen and oxygen atoms in total. The molecule has 0 spiro atoms. The zero-order valence-corrected chi connectivity index (χ0v) is 15.0. The second-order valence-electron chi connectivity index (χ2n) is 5.90. The van der Waals surface area contributed by atoms with Crippen LogP contribution >= 0.6 is 7.82 Å². The van der Waals surface area contributed by atoms with E-state index in [-0.39, 0.29) is 13.1 Å². The van der Waals surface area contributed by atoms with E-state index < -0.39 is 20.2 Å². The Morgan fingerprint density at radius 1 is 1.12 bits per heavy atom. The van der Waals surface area contributed by atoms with E-state index in [1.165, 1.54) is 0 Å². The molecule has 0 aliphatic rings. The van der Waals surface area contributed by atoms with Crippen LogP contribution in [0.2, 0.25) is 0 Å². The lowest BCUT2D eigenvalue weighted by Crippen LogP contribution is -2.46. The Labute approximate surface area is 147 Å². The maximum Gasteiger partial charge on any atom is 0.471 e. The average molecular weight is 379 g/mol. The Morgan fingerprint density at radius 2 is 1.76 bits per heavy atom. The molecule has 9 heteroatoms. The van der Waals surface area contributed by atoms with Crippen LogP contribution in [-0.2, 0) is 15.5 Å². The summed E-state index contributed by atoms with van der Waals surface area (Å²) in [7, 11) is -4.78. The lowest BCUT2D eigenvalue weighted by Gasteiger charge is -2.27. The molecular formula is C16H27FNO6P. The van der Waals surface area contributed by atoms with Crippen LogP contribution in [0.25, 0.3) is 0 Å². The average Bonchev–Trinajstić information content (AvgIpc) is 2.56. The Morgan fingerprint density at radius 3 is 2.32 bits per heavy atom. The van der Waals surface area contributed by atoms with Crippen LogP contribution in [0.1, 0.15) is 37.7 Å². The van der Waals surface area contributed by atoms with E-state index in [9.17, 15) is 14.1 Å². The first-order valence-corrected chi connectivity index (χ1v) is 9.75. The van der Waals surface area contributed by atoms with Crippen LogP contribution in [0.15, 0.2) is 24.3 Å². The number of hydrogen-bond acceptors (Lipinski definition) is 5. The van der Waals surface area contributed by atoms with E-state index in [4.69, 9.17) is 20.3 Å². The summed E-state index contributed by atoms with van der Waals surface area (Å²) in [6, 6.07) is 7.21. The SMILES string of the molecule is N[C@@](CO)(CCc1ccc(OCCCCCCF)cc1)OP(=O)(O)O. The summed E-state index contributed by atoms with van der Waals surface area (Å²) in [5.41, 5.74) is 4.73. The number of aliphatic hydroxyl groups excluding tert-OH is 1. The number of alkyl halides is 1. The quantitative estimate of drug-likeness (QED) is 0.236. The summed E-state index contributed by atoms with van der Waals surface area (Å²) in [4.78, 5) is 17.7. The number of phosphoric acid groups is 1. The molecule has 0 amide bonds. The Hall–Kier alpha value is -1.02. The maximum atomic E-state index is 11.9. The molecule has 0 bridgehead atoms. The first-order valence-electron chi connectivity index (χ1n) is 8.22. The summed E-state index contributed by atoms with van der Waals surface area (Å²) < 4.78 is 32.9. The van der Waals surface area contributed by atoms with E-state index >= 15 is 0 Å². The van der Waals surface area contributed by atoms with Crippen molar-refractivity contribution in [2.45, 2.75) is 44.2 Å². The number of aliphatic hydroxyl groups is 1. The molecule has 1 rings (SSSR count). The van der Waals surface area contributed by atoms with Crippen molar-refractivity contribution in [3.63, 3.8) is 0 Å². The predicted molar refractivity (Wildman–Crippen MR) is 91.8 cm³/mol. The fourth-order valence-corrected chi connectivity index (χ4v) is 2.86. The second-order valence-corrected chi connectivity index (χ2v) is 7.06. The monoisotopic (exact) mass is 379 g/mol. The number of hydrogen-bond donors (Lipinski definition) is 4. The molecule has 25 heavy (non-hydrogen) atoms. The lowest BCUT2D eigenvalue weighted by molar-refractivity contribution is -0.0146. The van der Waals surface area contributed by atoms with E-state index in [1.807, 2.05) is 12.1 Å². The highest BCUT2D eigenvalue weighted by Crippen LogP contribution is 2.40. The summed E-state index contributed by atoms with van der Waals surface area (Å²) in [5.74, 6) is 0.710. The molecule has 0 unspecified atom stereocenters. The van der Waals surface area contributed by atoms with Crippen LogP contribution in [0.3, 0.4) is 0 Å². The highest BCUT2D eigenvalue weighted by molar-refractivity contribution is 7.46. The summed E-state index contributed by atoms with van der Waals surface area (Å²) in [5, 5.41) is 9.21. The fraction of sp³-hybridized carbons (Fsp3) is 0.625. The zero-order chi connectivity index (χ0) is 18.8. The van der Waals surface area contributed by atoms with Crippen molar-refractivity contribution >= 4 is 7.82 Å². The second kappa shape index (κ2) is 10.9. The van der Waals surface area contributed by atoms with Gasteiger partial charge in [0.15, 0.2) is 5.72 Å². The summed E-state index contributed by atoms with van der Waals surface area (Å²) in [6.45, 7) is -0.415. The normalized spacial score (nSPS) is 14.3. The van der Waals surface area contributed by atoms with Gasteiger partial charge < -0.3 is 25.4 Å². The molecule has 144 valence electrons. The van der Waals surface area contributed by atoms with E-state index in [0.717, 1.165) is 24.8 Å².